The highest BCUT2D eigenvalue weighted by Gasteiger charge is 2.19. The van der Waals surface area contributed by atoms with Crippen molar-refractivity contribution in [1.82, 2.24) is 5.32 Å². The molecule has 1 heterocycles. The van der Waals surface area contributed by atoms with Crippen LogP contribution in [0.1, 0.15) is 33.8 Å². The van der Waals surface area contributed by atoms with Gasteiger partial charge in [0.2, 0.25) is 0 Å². The van der Waals surface area contributed by atoms with Crippen LogP contribution in [0, 0.1) is 17.0 Å². The molecule has 22 heavy (non-hydrogen) atoms. The summed E-state index contributed by atoms with van der Waals surface area (Å²) in [5, 5.41) is 13.5. The van der Waals surface area contributed by atoms with Crippen LogP contribution in [-0.4, -0.2) is 17.9 Å². The molecule has 116 valence electrons. The van der Waals surface area contributed by atoms with Crippen molar-refractivity contribution in [3.05, 3.63) is 56.5 Å². The summed E-state index contributed by atoms with van der Waals surface area (Å²) >= 11 is 0.857. The van der Waals surface area contributed by atoms with Crippen molar-refractivity contribution in [2.75, 3.05) is 7.11 Å². The zero-order valence-corrected chi connectivity index (χ0v) is 13.3. The van der Waals surface area contributed by atoms with Gasteiger partial charge >= 0.3 is 5.00 Å². The fraction of sp³-hybridized carbons (Fsp3) is 0.267. The first-order chi connectivity index (χ1) is 10.4. The molecule has 2 aromatic rings. The van der Waals surface area contributed by atoms with Crippen LogP contribution in [0.4, 0.5) is 5.00 Å². The first kappa shape index (κ1) is 16.0. The highest BCUT2D eigenvalue weighted by molar-refractivity contribution is 7.17. The third-order valence-corrected chi connectivity index (χ3v) is 4.23. The Morgan fingerprint density at radius 3 is 2.68 bits per heavy atom. The molecule has 0 aliphatic carbocycles. The Morgan fingerprint density at radius 2 is 2.09 bits per heavy atom. The number of rotatable bonds is 5. The van der Waals surface area contributed by atoms with Gasteiger partial charge in [-0.1, -0.05) is 29.0 Å². The van der Waals surface area contributed by atoms with Crippen LogP contribution in [0.5, 0.6) is 5.75 Å². The summed E-state index contributed by atoms with van der Waals surface area (Å²) in [6.45, 7) is 3.80. The summed E-state index contributed by atoms with van der Waals surface area (Å²) in [6.07, 6.45) is 0. The van der Waals surface area contributed by atoms with Crippen molar-refractivity contribution in [1.29, 1.82) is 0 Å². The normalized spacial score (nSPS) is 11.8. The Hall–Kier alpha value is -2.41. The van der Waals surface area contributed by atoms with Gasteiger partial charge in [-0.3, -0.25) is 14.9 Å². The van der Waals surface area contributed by atoms with E-state index < -0.39 is 4.92 Å². The smallest absolute Gasteiger partial charge is 0.324 e. The SMILES string of the molecule is COc1ccc(C)cc1C(C)NC(=O)c1ccc([N+](=O)[O-])s1. The lowest BCUT2D eigenvalue weighted by molar-refractivity contribution is -0.380. The topological polar surface area (TPSA) is 81.5 Å². The maximum atomic E-state index is 12.2. The van der Waals surface area contributed by atoms with Crippen LogP contribution in [0.2, 0.25) is 0 Å². The minimum Gasteiger partial charge on any atom is -0.496 e. The van der Waals surface area contributed by atoms with Gasteiger partial charge in [-0.05, 0) is 26.0 Å². The second-order valence-corrected chi connectivity index (χ2v) is 5.90. The number of nitro groups is 1. The van der Waals surface area contributed by atoms with Crippen LogP contribution >= 0.6 is 11.3 Å². The van der Waals surface area contributed by atoms with Crippen LogP contribution in [0.25, 0.3) is 0 Å². The molecule has 1 amide bonds. The number of benzene rings is 1. The van der Waals surface area contributed by atoms with Crippen LogP contribution < -0.4 is 10.1 Å². The summed E-state index contributed by atoms with van der Waals surface area (Å²) in [4.78, 5) is 22.7. The van der Waals surface area contributed by atoms with Crippen LogP contribution in [0.3, 0.4) is 0 Å². The molecule has 1 aromatic carbocycles. The number of carbonyl (C=O) groups is 1. The number of ether oxygens (including phenoxy) is 1. The number of aryl methyl sites for hydroxylation is 1. The third kappa shape index (κ3) is 3.43. The van der Waals surface area contributed by atoms with E-state index in [1.165, 1.54) is 12.1 Å². The summed E-state index contributed by atoms with van der Waals surface area (Å²) in [7, 11) is 1.57. The molecule has 1 unspecified atom stereocenters. The Bertz CT molecular complexity index is 711. The minimum absolute atomic E-state index is 0.0501. The van der Waals surface area contributed by atoms with E-state index in [1.54, 1.807) is 7.11 Å². The number of nitrogens with zero attached hydrogens (tertiary/aromatic N) is 1. The number of hydrogen-bond acceptors (Lipinski definition) is 5. The van der Waals surface area contributed by atoms with Crippen molar-refractivity contribution in [3.8, 4) is 5.75 Å². The first-order valence-corrected chi connectivity index (χ1v) is 7.43. The van der Waals surface area contributed by atoms with E-state index in [2.05, 4.69) is 5.32 Å². The first-order valence-electron chi connectivity index (χ1n) is 6.62. The predicted octanol–water partition coefficient (Wildman–Crippen LogP) is 3.46. The quantitative estimate of drug-likeness (QED) is 0.675. The Labute approximate surface area is 131 Å². The van der Waals surface area contributed by atoms with Gasteiger partial charge in [0.15, 0.2) is 0 Å². The molecule has 0 bridgehead atoms. The monoisotopic (exact) mass is 320 g/mol. The fourth-order valence-corrected chi connectivity index (χ4v) is 2.81. The van der Waals surface area contributed by atoms with Gasteiger partial charge in [0, 0.05) is 11.6 Å². The minimum atomic E-state index is -0.505. The van der Waals surface area contributed by atoms with Gasteiger partial charge < -0.3 is 10.1 Å². The second-order valence-electron chi connectivity index (χ2n) is 4.84. The van der Waals surface area contributed by atoms with E-state index in [9.17, 15) is 14.9 Å². The number of methoxy groups -OCH3 is 1. The molecule has 0 spiro atoms. The summed E-state index contributed by atoms with van der Waals surface area (Å²) in [6, 6.07) is 8.24. The highest BCUT2D eigenvalue weighted by Crippen LogP contribution is 2.28. The molecule has 1 atom stereocenters. The molecule has 1 aromatic heterocycles. The fourth-order valence-electron chi connectivity index (χ4n) is 2.09. The summed E-state index contributed by atoms with van der Waals surface area (Å²) in [5.74, 6) is 0.352. The molecule has 6 nitrogen and oxygen atoms in total. The average molecular weight is 320 g/mol. The van der Waals surface area contributed by atoms with Gasteiger partial charge in [-0.15, -0.1) is 0 Å². The van der Waals surface area contributed by atoms with Crippen molar-refractivity contribution in [3.63, 3.8) is 0 Å². The lowest BCUT2D eigenvalue weighted by Crippen LogP contribution is -2.26. The molecule has 1 N–H and O–H groups in total. The molecule has 2 rings (SSSR count). The molecule has 0 fully saturated rings. The zero-order chi connectivity index (χ0) is 16.3. The Morgan fingerprint density at radius 1 is 1.36 bits per heavy atom. The van der Waals surface area contributed by atoms with E-state index in [1.807, 2.05) is 32.0 Å². The molecule has 0 saturated heterocycles. The number of carbonyl (C=O) groups excluding carboxylic acids is 1. The Balaban J connectivity index is 2.17. The van der Waals surface area contributed by atoms with Gasteiger partial charge in [0.05, 0.1) is 23.0 Å². The van der Waals surface area contributed by atoms with Gasteiger partial charge in [0.25, 0.3) is 5.91 Å². The van der Waals surface area contributed by atoms with Gasteiger partial charge in [-0.25, -0.2) is 0 Å². The molecular weight excluding hydrogens is 304 g/mol. The van der Waals surface area contributed by atoms with Crippen molar-refractivity contribution < 1.29 is 14.5 Å². The maximum absolute atomic E-state index is 12.2. The number of thiophene rings is 1. The van der Waals surface area contributed by atoms with Gasteiger partial charge in [0.1, 0.15) is 5.75 Å². The highest BCUT2D eigenvalue weighted by atomic mass is 32.1. The van der Waals surface area contributed by atoms with Crippen molar-refractivity contribution in [2.24, 2.45) is 0 Å². The number of nitrogens with one attached hydrogen (secondary N) is 1. The Kier molecular flexibility index (Phi) is 4.77. The molecule has 0 aliphatic rings. The molecule has 0 aliphatic heterocycles. The van der Waals surface area contributed by atoms with E-state index >= 15 is 0 Å². The summed E-state index contributed by atoms with van der Waals surface area (Å²) < 4.78 is 5.31. The van der Waals surface area contributed by atoms with Crippen molar-refractivity contribution in [2.45, 2.75) is 19.9 Å². The maximum Gasteiger partial charge on any atom is 0.324 e. The lowest BCUT2D eigenvalue weighted by atomic mass is 10.0. The number of amides is 1. The third-order valence-electron chi connectivity index (χ3n) is 3.19. The van der Waals surface area contributed by atoms with Crippen LogP contribution in [-0.2, 0) is 0 Å². The zero-order valence-electron chi connectivity index (χ0n) is 12.5. The van der Waals surface area contributed by atoms with E-state index in [-0.39, 0.29) is 17.0 Å². The molecule has 0 radical (unpaired) electrons. The largest absolute Gasteiger partial charge is 0.496 e. The number of hydrogen-bond donors (Lipinski definition) is 1. The molecular formula is C15H16N2O4S. The average Bonchev–Trinajstić information content (AvgIpc) is 2.97. The van der Waals surface area contributed by atoms with E-state index in [0.29, 0.717) is 10.6 Å². The van der Waals surface area contributed by atoms with E-state index in [4.69, 9.17) is 4.74 Å². The summed E-state index contributed by atoms with van der Waals surface area (Å²) in [5.41, 5.74) is 1.92. The van der Waals surface area contributed by atoms with Crippen molar-refractivity contribution >= 4 is 22.2 Å². The predicted molar refractivity (Wildman–Crippen MR) is 84.6 cm³/mol. The lowest BCUT2D eigenvalue weighted by Gasteiger charge is -2.17. The molecule has 0 saturated carbocycles. The standard InChI is InChI=1S/C15H16N2O4S/c1-9-4-5-12(21-3)11(8-9)10(2)16-15(18)13-6-7-14(22-13)17(19)20/h4-8,10H,1-3H3,(H,16,18). The molecule has 7 heteroatoms. The van der Waals surface area contributed by atoms with E-state index in [0.717, 1.165) is 22.5 Å². The van der Waals surface area contributed by atoms with Crippen LogP contribution in [0.15, 0.2) is 30.3 Å². The second kappa shape index (κ2) is 6.57. The van der Waals surface area contributed by atoms with Gasteiger partial charge in [-0.2, -0.15) is 0 Å².